The fraction of sp³-hybridized carbons (Fsp3) is 0.625. The van der Waals surface area contributed by atoms with E-state index in [1.54, 1.807) is 13.0 Å². The Morgan fingerprint density at radius 2 is 2.19 bits per heavy atom. The van der Waals surface area contributed by atoms with Crippen molar-refractivity contribution in [2.45, 2.75) is 39.2 Å². The van der Waals surface area contributed by atoms with Gasteiger partial charge < -0.3 is 5.32 Å². The van der Waals surface area contributed by atoms with E-state index in [1.807, 2.05) is 6.07 Å². The molecule has 0 saturated carbocycles. The molecule has 1 aliphatic rings. The standard InChI is InChI=1S/C16H24FNO2S/c1-3-7-18-16(10-13-6-8-21(19,20)11-13)14-4-5-15(17)12(2)9-14/h4-5,9,13,16,18H,3,6-8,10-11H2,1-2H3. The topological polar surface area (TPSA) is 46.2 Å². The van der Waals surface area contributed by atoms with E-state index in [9.17, 15) is 12.8 Å². The molecule has 118 valence electrons. The van der Waals surface area contributed by atoms with Gasteiger partial charge in [-0.1, -0.05) is 19.1 Å². The first kappa shape index (κ1) is 16.4. The quantitative estimate of drug-likeness (QED) is 0.878. The predicted octanol–water partition coefficient (Wildman–Crippen LogP) is 3.00. The molecule has 1 heterocycles. The van der Waals surface area contributed by atoms with Crippen LogP contribution in [-0.4, -0.2) is 26.5 Å². The van der Waals surface area contributed by atoms with E-state index in [4.69, 9.17) is 0 Å². The minimum Gasteiger partial charge on any atom is -0.310 e. The molecule has 0 radical (unpaired) electrons. The number of nitrogens with one attached hydrogen (secondary N) is 1. The summed E-state index contributed by atoms with van der Waals surface area (Å²) in [6.07, 6.45) is 2.55. The number of aryl methyl sites for hydroxylation is 1. The maximum atomic E-state index is 13.4. The highest BCUT2D eigenvalue weighted by Gasteiger charge is 2.30. The van der Waals surface area contributed by atoms with Crippen LogP contribution in [0.15, 0.2) is 18.2 Å². The smallest absolute Gasteiger partial charge is 0.150 e. The van der Waals surface area contributed by atoms with Gasteiger partial charge in [0.2, 0.25) is 0 Å². The average molecular weight is 313 g/mol. The fourth-order valence-corrected chi connectivity index (χ4v) is 4.81. The van der Waals surface area contributed by atoms with E-state index in [-0.39, 0.29) is 23.5 Å². The van der Waals surface area contributed by atoms with E-state index in [2.05, 4.69) is 12.2 Å². The highest BCUT2D eigenvalue weighted by atomic mass is 32.2. The van der Waals surface area contributed by atoms with E-state index in [1.165, 1.54) is 6.07 Å². The van der Waals surface area contributed by atoms with Gasteiger partial charge in [-0.05, 0) is 55.8 Å². The van der Waals surface area contributed by atoms with Gasteiger partial charge in [-0.15, -0.1) is 0 Å². The number of hydrogen-bond acceptors (Lipinski definition) is 3. The average Bonchev–Trinajstić information content (AvgIpc) is 2.77. The van der Waals surface area contributed by atoms with Crippen LogP contribution in [0.1, 0.15) is 43.4 Å². The third-order valence-corrected chi connectivity index (χ3v) is 5.96. The molecule has 2 rings (SSSR count). The van der Waals surface area contributed by atoms with Crippen molar-refractivity contribution in [1.29, 1.82) is 0 Å². The van der Waals surface area contributed by atoms with Gasteiger partial charge in [0.25, 0.3) is 0 Å². The Morgan fingerprint density at radius 1 is 1.43 bits per heavy atom. The lowest BCUT2D eigenvalue weighted by Gasteiger charge is -2.22. The summed E-state index contributed by atoms with van der Waals surface area (Å²) in [7, 11) is -2.85. The van der Waals surface area contributed by atoms with Crippen LogP contribution in [0.2, 0.25) is 0 Å². The summed E-state index contributed by atoms with van der Waals surface area (Å²) < 4.78 is 36.6. The summed E-state index contributed by atoms with van der Waals surface area (Å²) in [5.74, 6) is 0.601. The molecule has 1 N–H and O–H groups in total. The van der Waals surface area contributed by atoms with Crippen LogP contribution >= 0.6 is 0 Å². The molecule has 0 amide bonds. The maximum absolute atomic E-state index is 13.4. The summed E-state index contributed by atoms with van der Waals surface area (Å²) in [4.78, 5) is 0. The summed E-state index contributed by atoms with van der Waals surface area (Å²) in [6.45, 7) is 4.73. The van der Waals surface area contributed by atoms with Gasteiger partial charge in [0, 0.05) is 6.04 Å². The zero-order valence-electron chi connectivity index (χ0n) is 12.7. The molecule has 0 bridgehead atoms. The van der Waals surface area contributed by atoms with E-state index in [0.717, 1.165) is 31.4 Å². The predicted molar refractivity (Wildman–Crippen MR) is 83.5 cm³/mol. The van der Waals surface area contributed by atoms with E-state index in [0.29, 0.717) is 11.3 Å². The van der Waals surface area contributed by atoms with Crippen molar-refractivity contribution in [3.8, 4) is 0 Å². The normalized spacial score (nSPS) is 22.3. The van der Waals surface area contributed by atoms with Crippen molar-refractivity contribution in [2.24, 2.45) is 5.92 Å². The summed E-state index contributed by atoms with van der Waals surface area (Å²) in [5, 5.41) is 3.47. The molecule has 0 aromatic heterocycles. The largest absolute Gasteiger partial charge is 0.310 e. The Kier molecular flexibility index (Phi) is 5.38. The second-order valence-electron chi connectivity index (χ2n) is 6.02. The molecule has 0 aliphatic carbocycles. The third-order valence-electron chi connectivity index (χ3n) is 4.12. The van der Waals surface area contributed by atoms with Crippen LogP contribution in [-0.2, 0) is 9.84 Å². The molecule has 0 spiro atoms. The van der Waals surface area contributed by atoms with Crippen LogP contribution in [0.4, 0.5) is 4.39 Å². The molecule has 1 aromatic rings. The Bertz CT molecular complexity index is 586. The van der Waals surface area contributed by atoms with E-state index < -0.39 is 9.84 Å². The molecule has 1 saturated heterocycles. The fourth-order valence-electron chi connectivity index (χ4n) is 2.93. The SMILES string of the molecule is CCCNC(CC1CCS(=O)(=O)C1)c1ccc(F)c(C)c1. The summed E-state index contributed by atoms with van der Waals surface area (Å²) in [6, 6.07) is 5.27. The molecule has 1 fully saturated rings. The summed E-state index contributed by atoms with van der Waals surface area (Å²) >= 11 is 0. The second kappa shape index (κ2) is 6.88. The van der Waals surface area contributed by atoms with Gasteiger partial charge >= 0.3 is 0 Å². The molecular weight excluding hydrogens is 289 g/mol. The number of hydrogen-bond donors (Lipinski definition) is 1. The van der Waals surface area contributed by atoms with Crippen molar-refractivity contribution in [2.75, 3.05) is 18.1 Å². The Hall–Kier alpha value is -0.940. The Balaban J connectivity index is 2.12. The van der Waals surface area contributed by atoms with Crippen LogP contribution in [0, 0.1) is 18.7 Å². The zero-order valence-corrected chi connectivity index (χ0v) is 13.5. The van der Waals surface area contributed by atoms with Gasteiger partial charge in [0.1, 0.15) is 5.82 Å². The molecule has 1 aliphatic heterocycles. The minimum absolute atomic E-state index is 0.0996. The maximum Gasteiger partial charge on any atom is 0.150 e. The van der Waals surface area contributed by atoms with Gasteiger partial charge in [-0.2, -0.15) is 0 Å². The number of benzene rings is 1. The van der Waals surface area contributed by atoms with Crippen molar-refractivity contribution in [3.63, 3.8) is 0 Å². The monoisotopic (exact) mass is 313 g/mol. The number of halogens is 1. The first-order valence-corrected chi connectivity index (χ1v) is 9.43. The summed E-state index contributed by atoms with van der Waals surface area (Å²) in [5.41, 5.74) is 1.68. The zero-order chi connectivity index (χ0) is 15.5. The van der Waals surface area contributed by atoms with Crippen LogP contribution in [0.25, 0.3) is 0 Å². The highest BCUT2D eigenvalue weighted by Crippen LogP contribution is 2.29. The molecule has 21 heavy (non-hydrogen) atoms. The molecular formula is C16H24FNO2S. The highest BCUT2D eigenvalue weighted by molar-refractivity contribution is 7.91. The van der Waals surface area contributed by atoms with Crippen molar-refractivity contribution in [3.05, 3.63) is 35.1 Å². The minimum atomic E-state index is -2.85. The van der Waals surface area contributed by atoms with Gasteiger partial charge in [-0.3, -0.25) is 0 Å². The van der Waals surface area contributed by atoms with Crippen LogP contribution in [0.5, 0.6) is 0 Å². The molecule has 1 aromatic carbocycles. The molecule has 2 atom stereocenters. The van der Waals surface area contributed by atoms with Crippen LogP contribution in [0.3, 0.4) is 0 Å². The molecule has 3 nitrogen and oxygen atoms in total. The Morgan fingerprint density at radius 3 is 2.76 bits per heavy atom. The first-order chi connectivity index (χ1) is 9.91. The van der Waals surface area contributed by atoms with Crippen molar-refractivity contribution in [1.82, 2.24) is 5.32 Å². The number of rotatable bonds is 6. The van der Waals surface area contributed by atoms with Crippen molar-refractivity contribution >= 4 is 9.84 Å². The van der Waals surface area contributed by atoms with E-state index >= 15 is 0 Å². The molecule has 5 heteroatoms. The van der Waals surface area contributed by atoms with Gasteiger partial charge in [0.05, 0.1) is 11.5 Å². The lowest BCUT2D eigenvalue weighted by Crippen LogP contribution is -2.25. The number of sulfone groups is 1. The lowest BCUT2D eigenvalue weighted by molar-refractivity contribution is 0.414. The van der Waals surface area contributed by atoms with Crippen LogP contribution < -0.4 is 5.32 Å². The lowest BCUT2D eigenvalue weighted by atomic mass is 9.93. The third kappa shape index (κ3) is 4.51. The van der Waals surface area contributed by atoms with Gasteiger partial charge in [0.15, 0.2) is 9.84 Å². The second-order valence-corrected chi connectivity index (χ2v) is 8.25. The molecule has 2 unspecified atom stereocenters. The van der Waals surface area contributed by atoms with Gasteiger partial charge in [-0.25, -0.2) is 12.8 Å². The Labute approximate surface area is 126 Å². The first-order valence-electron chi connectivity index (χ1n) is 7.61. The van der Waals surface area contributed by atoms with Crippen molar-refractivity contribution < 1.29 is 12.8 Å².